The number of anilines is 2. The predicted molar refractivity (Wildman–Crippen MR) is 98.0 cm³/mol. The van der Waals surface area contributed by atoms with E-state index in [1.165, 1.54) is 11.3 Å². The van der Waals surface area contributed by atoms with Gasteiger partial charge in [-0.3, -0.25) is 0 Å². The Bertz CT molecular complexity index is 840. The Labute approximate surface area is 151 Å². The summed E-state index contributed by atoms with van der Waals surface area (Å²) in [6.07, 6.45) is 0.221. The summed E-state index contributed by atoms with van der Waals surface area (Å²) in [4.78, 5) is 14.3. The summed E-state index contributed by atoms with van der Waals surface area (Å²) in [6.45, 7) is 1.31. The number of likely N-dealkylation sites (N-methyl/N-ethyl adjacent to an activating group) is 1. The van der Waals surface area contributed by atoms with Crippen LogP contribution in [0.1, 0.15) is 17.2 Å². The van der Waals surface area contributed by atoms with Crippen molar-refractivity contribution in [1.29, 1.82) is 0 Å². The summed E-state index contributed by atoms with van der Waals surface area (Å²) < 4.78 is 10.5. The van der Waals surface area contributed by atoms with Crippen LogP contribution in [0.3, 0.4) is 0 Å². The summed E-state index contributed by atoms with van der Waals surface area (Å²) in [5, 5.41) is 15.8. The lowest BCUT2D eigenvalue weighted by Gasteiger charge is -2.16. The number of hydrogen-bond donors (Lipinski definition) is 3. The summed E-state index contributed by atoms with van der Waals surface area (Å²) in [5.41, 5.74) is 3.84. The molecule has 0 fully saturated rings. The SMILES string of the molecule is CN1CCc2cc(C(O)CNC(=O)Nc3ccc4c(c3)OCO4)ccc21. The maximum atomic E-state index is 12.1. The van der Waals surface area contributed by atoms with Gasteiger partial charge in [-0.2, -0.15) is 0 Å². The second-order valence-corrected chi connectivity index (χ2v) is 6.48. The van der Waals surface area contributed by atoms with Crippen molar-refractivity contribution in [3.8, 4) is 11.5 Å². The quantitative estimate of drug-likeness (QED) is 0.784. The Balaban J connectivity index is 1.33. The van der Waals surface area contributed by atoms with Gasteiger partial charge in [-0.1, -0.05) is 12.1 Å². The molecule has 1 unspecified atom stereocenters. The number of nitrogens with zero attached hydrogens (tertiary/aromatic N) is 1. The second kappa shape index (κ2) is 6.76. The molecule has 0 bridgehead atoms. The predicted octanol–water partition coefficient (Wildman–Crippen LogP) is 2.26. The van der Waals surface area contributed by atoms with Crippen LogP contribution in [-0.2, 0) is 6.42 Å². The van der Waals surface area contributed by atoms with Gasteiger partial charge in [0.15, 0.2) is 11.5 Å². The zero-order valence-corrected chi connectivity index (χ0v) is 14.5. The van der Waals surface area contributed by atoms with Crippen molar-refractivity contribution in [3.63, 3.8) is 0 Å². The lowest BCUT2D eigenvalue weighted by molar-refractivity contribution is 0.174. The van der Waals surface area contributed by atoms with Crippen LogP contribution in [0, 0.1) is 0 Å². The first-order valence-electron chi connectivity index (χ1n) is 8.57. The molecule has 0 saturated heterocycles. The number of carbonyl (C=O) groups excluding carboxylic acids is 1. The molecule has 2 heterocycles. The fourth-order valence-corrected chi connectivity index (χ4v) is 3.25. The highest BCUT2D eigenvalue weighted by Gasteiger charge is 2.18. The van der Waals surface area contributed by atoms with Crippen molar-refractivity contribution >= 4 is 17.4 Å². The van der Waals surface area contributed by atoms with E-state index >= 15 is 0 Å². The Morgan fingerprint density at radius 3 is 2.96 bits per heavy atom. The van der Waals surface area contributed by atoms with Crippen molar-refractivity contribution < 1.29 is 19.4 Å². The average Bonchev–Trinajstić information content (AvgIpc) is 3.25. The standard InChI is InChI=1S/C19H21N3O4/c1-22-7-6-12-8-13(2-4-15(12)22)16(23)10-20-19(24)21-14-3-5-17-18(9-14)26-11-25-17/h2-5,8-9,16,23H,6-7,10-11H2,1H3,(H2,20,21,24). The van der Waals surface area contributed by atoms with E-state index in [2.05, 4.69) is 22.6 Å². The zero-order chi connectivity index (χ0) is 18.1. The smallest absolute Gasteiger partial charge is 0.319 e. The number of fused-ring (bicyclic) bond motifs is 2. The molecule has 1 atom stereocenters. The first kappa shape index (κ1) is 16.5. The third kappa shape index (κ3) is 3.25. The first-order valence-corrected chi connectivity index (χ1v) is 8.57. The zero-order valence-electron chi connectivity index (χ0n) is 14.5. The minimum absolute atomic E-state index is 0.130. The topological polar surface area (TPSA) is 83.1 Å². The van der Waals surface area contributed by atoms with Crippen molar-refractivity contribution in [1.82, 2.24) is 5.32 Å². The van der Waals surface area contributed by atoms with E-state index < -0.39 is 6.10 Å². The van der Waals surface area contributed by atoms with Gasteiger partial charge in [-0.15, -0.1) is 0 Å². The molecule has 7 nitrogen and oxygen atoms in total. The molecule has 0 spiro atoms. The van der Waals surface area contributed by atoms with Crippen LogP contribution in [0.5, 0.6) is 11.5 Å². The third-order valence-electron chi connectivity index (χ3n) is 4.70. The highest BCUT2D eigenvalue weighted by Crippen LogP contribution is 2.34. The largest absolute Gasteiger partial charge is 0.454 e. The number of urea groups is 1. The summed E-state index contributed by atoms with van der Waals surface area (Å²) >= 11 is 0. The number of hydrogen-bond acceptors (Lipinski definition) is 5. The lowest BCUT2D eigenvalue weighted by Crippen LogP contribution is -2.32. The number of rotatable bonds is 4. The van der Waals surface area contributed by atoms with Crippen LogP contribution in [0.15, 0.2) is 36.4 Å². The number of ether oxygens (including phenoxy) is 2. The maximum Gasteiger partial charge on any atom is 0.319 e. The molecule has 0 aromatic heterocycles. The van der Waals surface area contributed by atoms with Gasteiger partial charge >= 0.3 is 6.03 Å². The first-order chi connectivity index (χ1) is 12.6. The normalized spacial score (nSPS) is 15.5. The molecule has 136 valence electrons. The van der Waals surface area contributed by atoms with E-state index in [1.54, 1.807) is 18.2 Å². The molecule has 7 heteroatoms. The summed E-state index contributed by atoms with van der Waals surface area (Å²) in [5.74, 6) is 1.26. The number of carbonyl (C=O) groups is 1. The van der Waals surface area contributed by atoms with Crippen LogP contribution < -0.4 is 25.0 Å². The Morgan fingerprint density at radius 1 is 1.23 bits per heavy atom. The van der Waals surface area contributed by atoms with Crippen LogP contribution in [-0.4, -0.2) is 38.1 Å². The van der Waals surface area contributed by atoms with Gasteiger partial charge in [0, 0.05) is 37.6 Å². The molecule has 0 radical (unpaired) electrons. The number of amides is 2. The maximum absolute atomic E-state index is 12.1. The van der Waals surface area contributed by atoms with E-state index in [0.717, 1.165) is 18.5 Å². The number of nitrogens with one attached hydrogen (secondary N) is 2. The molecule has 2 amide bonds. The van der Waals surface area contributed by atoms with Gasteiger partial charge in [0.25, 0.3) is 0 Å². The molecule has 0 aliphatic carbocycles. The van der Waals surface area contributed by atoms with Gasteiger partial charge in [0.05, 0.1) is 6.10 Å². The fourth-order valence-electron chi connectivity index (χ4n) is 3.25. The van der Waals surface area contributed by atoms with Crippen LogP contribution >= 0.6 is 0 Å². The Morgan fingerprint density at radius 2 is 2.08 bits per heavy atom. The molecule has 2 aromatic rings. The second-order valence-electron chi connectivity index (χ2n) is 6.48. The highest BCUT2D eigenvalue weighted by molar-refractivity contribution is 5.89. The minimum atomic E-state index is -0.756. The lowest BCUT2D eigenvalue weighted by atomic mass is 10.0. The van der Waals surface area contributed by atoms with Crippen molar-refractivity contribution in [2.24, 2.45) is 0 Å². The third-order valence-corrected chi connectivity index (χ3v) is 4.70. The molecule has 26 heavy (non-hydrogen) atoms. The average molecular weight is 355 g/mol. The molecule has 3 N–H and O–H groups in total. The van der Waals surface area contributed by atoms with Crippen LogP contribution in [0.2, 0.25) is 0 Å². The van der Waals surface area contributed by atoms with E-state index in [0.29, 0.717) is 17.2 Å². The molecule has 4 rings (SSSR count). The van der Waals surface area contributed by atoms with Crippen LogP contribution in [0.25, 0.3) is 0 Å². The van der Waals surface area contributed by atoms with Gasteiger partial charge < -0.3 is 30.1 Å². The van der Waals surface area contributed by atoms with E-state index in [-0.39, 0.29) is 19.4 Å². The number of benzene rings is 2. The van der Waals surface area contributed by atoms with E-state index in [9.17, 15) is 9.90 Å². The monoisotopic (exact) mass is 355 g/mol. The summed E-state index contributed by atoms with van der Waals surface area (Å²) in [6, 6.07) is 10.7. The van der Waals surface area contributed by atoms with Gasteiger partial charge in [0.1, 0.15) is 0 Å². The van der Waals surface area contributed by atoms with Crippen molar-refractivity contribution in [2.75, 3.05) is 37.1 Å². The van der Waals surface area contributed by atoms with Gasteiger partial charge in [-0.05, 0) is 35.7 Å². The van der Waals surface area contributed by atoms with Crippen molar-refractivity contribution in [3.05, 3.63) is 47.5 Å². The minimum Gasteiger partial charge on any atom is -0.454 e. The summed E-state index contributed by atoms with van der Waals surface area (Å²) in [7, 11) is 2.06. The van der Waals surface area contributed by atoms with Gasteiger partial charge in [0.2, 0.25) is 6.79 Å². The molecular weight excluding hydrogens is 334 g/mol. The Kier molecular flexibility index (Phi) is 4.30. The number of aliphatic hydroxyl groups excluding tert-OH is 1. The molecule has 2 aromatic carbocycles. The van der Waals surface area contributed by atoms with Crippen molar-refractivity contribution in [2.45, 2.75) is 12.5 Å². The highest BCUT2D eigenvalue weighted by atomic mass is 16.7. The Hall–Kier alpha value is -2.93. The van der Waals surface area contributed by atoms with E-state index in [1.807, 2.05) is 18.2 Å². The molecule has 2 aliphatic rings. The molecular formula is C19H21N3O4. The molecule has 0 saturated carbocycles. The van der Waals surface area contributed by atoms with Gasteiger partial charge in [-0.25, -0.2) is 4.79 Å². The van der Waals surface area contributed by atoms with Crippen LogP contribution in [0.4, 0.5) is 16.2 Å². The molecule has 2 aliphatic heterocycles. The number of aliphatic hydroxyl groups is 1. The fraction of sp³-hybridized carbons (Fsp3) is 0.316. The van der Waals surface area contributed by atoms with E-state index in [4.69, 9.17) is 9.47 Å².